The van der Waals surface area contributed by atoms with Crippen LogP contribution in [0.15, 0.2) is 0 Å². The third-order valence-electron chi connectivity index (χ3n) is 1.85. The molecule has 0 fully saturated rings. The number of hydrogen-bond donors (Lipinski definition) is 0. The topological polar surface area (TPSA) is 19.9 Å². The van der Waals surface area contributed by atoms with Crippen LogP contribution in [-0.2, 0) is 5.11 Å². The van der Waals surface area contributed by atoms with Gasteiger partial charge in [0.1, 0.15) is 0 Å². The lowest BCUT2D eigenvalue weighted by molar-refractivity contribution is -0.429. The monoisotopic (exact) mass is 299 g/mol. The zero-order valence-electron chi connectivity index (χ0n) is 7.77. The molecule has 0 spiro atoms. The summed E-state index contributed by atoms with van der Waals surface area (Å²) in [4.78, 5) is 0. The first-order chi connectivity index (χ1) is 7.56. The maximum atomic E-state index is 12.6. The summed E-state index contributed by atoms with van der Waals surface area (Å²) in [6, 6.07) is 0. The second kappa shape index (κ2) is 4.10. The SMILES string of the molecule is [O]CC(F)(F)C(F)(F)C(F)(C(F)(F)F)C(F)(F)F. The molecule has 109 valence electrons. The fourth-order valence-electron chi connectivity index (χ4n) is 0.859. The fourth-order valence-corrected chi connectivity index (χ4v) is 0.859. The molecule has 0 aromatic heterocycles. The van der Waals surface area contributed by atoms with Gasteiger partial charge in [-0.25, -0.2) is 9.50 Å². The lowest BCUT2D eigenvalue weighted by atomic mass is 9.91. The van der Waals surface area contributed by atoms with E-state index in [0.29, 0.717) is 0 Å². The van der Waals surface area contributed by atoms with E-state index in [1.165, 1.54) is 0 Å². The Labute approximate surface area is 91.2 Å². The van der Waals surface area contributed by atoms with Crippen LogP contribution in [0.2, 0.25) is 0 Å². The Morgan fingerprint density at radius 2 is 0.889 bits per heavy atom. The minimum absolute atomic E-state index is 3.35. The molecule has 0 aliphatic carbocycles. The predicted molar refractivity (Wildman–Crippen MR) is 31.4 cm³/mol. The van der Waals surface area contributed by atoms with Crippen molar-refractivity contribution in [1.29, 1.82) is 0 Å². The number of alkyl halides is 11. The van der Waals surface area contributed by atoms with Crippen LogP contribution in [0.5, 0.6) is 0 Å². The second-order valence-corrected chi connectivity index (χ2v) is 3.08. The van der Waals surface area contributed by atoms with Crippen molar-refractivity contribution in [2.75, 3.05) is 6.61 Å². The number of hydrogen-bond acceptors (Lipinski definition) is 0. The Kier molecular flexibility index (Phi) is 3.91. The summed E-state index contributed by atoms with van der Waals surface area (Å²) in [7, 11) is 0. The highest BCUT2D eigenvalue weighted by Gasteiger charge is 2.90. The molecule has 0 atom stereocenters. The largest absolute Gasteiger partial charge is 0.438 e. The summed E-state index contributed by atoms with van der Waals surface area (Å²) in [5.74, 6) is -13.7. The molecule has 0 saturated carbocycles. The van der Waals surface area contributed by atoms with Gasteiger partial charge in [0, 0.05) is 0 Å². The van der Waals surface area contributed by atoms with E-state index in [1.54, 1.807) is 0 Å². The van der Waals surface area contributed by atoms with Crippen LogP contribution in [0.4, 0.5) is 48.3 Å². The molecule has 0 saturated heterocycles. The quantitative estimate of drug-likeness (QED) is 0.711. The molecule has 0 aliphatic rings. The first-order valence-corrected chi connectivity index (χ1v) is 3.72. The van der Waals surface area contributed by atoms with Gasteiger partial charge in [0.25, 0.3) is 0 Å². The lowest BCUT2D eigenvalue weighted by Gasteiger charge is -2.38. The molecule has 0 rings (SSSR count). The van der Waals surface area contributed by atoms with E-state index in [4.69, 9.17) is 0 Å². The van der Waals surface area contributed by atoms with Gasteiger partial charge in [-0.3, -0.25) is 0 Å². The van der Waals surface area contributed by atoms with Gasteiger partial charge in [-0.05, 0) is 0 Å². The van der Waals surface area contributed by atoms with Gasteiger partial charge in [0.05, 0.1) is 0 Å². The summed E-state index contributed by atoms with van der Waals surface area (Å²) in [6.07, 6.45) is -14.8. The molecule has 0 aliphatic heterocycles. The van der Waals surface area contributed by atoms with E-state index in [1.807, 2.05) is 0 Å². The van der Waals surface area contributed by atoms with Crippen molar-refractivity contribution >= 4 is 0 Å². The summed E-state index contributed by atoms with van der Waals surface area (Å²) >= 11 is 0. The molecule has 0 N–H and O–H groups in total. The van der Waals surface area contributed by atoms with Crippen LogP contribution in [0, 0.1) is 0 Å². The highest BCUT2D eigenvalue weighted by molar-refractivity contribution is 5.10. The maximum Gasteiger partial charge on any atom is 0.438 e. The summed E-state index contributed by atoms with van der Waals surface area (Å²) in [6.45, 7) is -3.35. The molecule has 0 unspecified atom stereocenters. The second-order valence-electron chi connectivity index (χ2n) is 3.08. The van der Waals surface area contributed by atoms with E-state index in [2.05, 4.69) is 0 Å². The minimum atomic E-state index is -7.53. The van der Waals surface area contributed by atoms with Crippen LogP contribution >= 0.6 is 0 Å². The first kappa shape index (κ1) is 17.2. The van der Waals surface area contributed by atoms with Gasteiger partial charge in [-0.1, -0.05) is 0 Å². The molecule has 1 radical (unpaired) electrons. The molecule has 0 amide bonds. The fraction of sp³-hybridized carbons (Fsp3) is 1.00. The van der Waals surface area contributed by atoms with Gasteiger partial charge in [-0.15, -0.1) is 0 Å². The number of rotatable bonds is 3. The van der Waals surface area contributed by atoms with Crippen molar-refractivity contribution in [2.24, 2.45) is 0 Å². The molecule has 0 heterocycles. The van der Waals surface area contributed by atoms with Crippen molar-refractivity contribution < 1.29 is 53.4 Å². The van der Waals surface area contributed by atoms with Crippen molar-refractivity contribution in [3.63, 3.8) is 0 Å². The zero-order chi connectivity index (χ0) is 15.2. The van der Waals surface area contributed by atoms with Crippen molar-refractivity contribution in [2.45, 2.75) is 29.9 Å². The lowest BCUT2D eigenvalue weighted by Crippen LogP contribution is -2.70. The molecular formula is C6H2F11O. The average Bonchev–Trinajstić information content (AvgIpc) is 2.12. The Morgan fingerprint density at radius 1 is 0.611 bits per heavy atom. The Balaban J connectivity index is 6.10. The Bertz CT molecular complexity index is 286. The first-order valence-electron chi connectivity index (χ1n) is 3.72. The van der Waals surface area contributed by atoms with E-state index >= 15 is 0 Å². The van der Waals surface area contributed by atoms with Crippen LogP contribution in [0.1, 0.15) is 0 Å². The molecule has 12 heteroatoms. The van der Waals surface area contributed by atoms with E-state index in [-0.39, 0.29) is 0 Å². The van der Waals surface area contributed by atoms with Crippen LogP contribution in [0.25, 0.3) is 0 Å². The highest BCUT2D eigenvalue weighted by atomic mass is 19.4. The van der Waals surface area contributed by atoms with Crippen molar-refractivity contribution in [3.05, 3.63) is 0 Å². The summed E-state index contributed by atoms with van der Waals surface area (Å²) in [5.41, 5.74) is -7.53. The molecule has 1 nitrogen and oxygen atoms in total. The third-order valence-corrected chi connectivity index (χ3v) is 1.85. The predicted octanol–water partition coefficient (Wildman–Crippen LogP) is 3.52. The van der Waals surface area contributed by atoms with Crippen LogP contribution in [0.3, 0.4) is 0 Å². The van der Waals surface area contributed by atoms with Crippen molar-refractivity contribution in [1.82, 2.24) is 0 Å². The smallest absolute Gasteiger partial charge is 0.230 e. The third kappa shape index (κ3) is 2.10. The standard InChI is InChI=1S/C6H2F11O/c7-2(8,1-18)4(10,11)3(9,5(12,13)14)6(15,16)17/h1H2. The van der Waals surface area contributed by atoms with Gasteiger partial charge < -0.3 is 0 Å². The highest BCUT2D eigenvalue weighted by Crippen LogP contribution is 2.58. The molecule has 18 heavy (non-hydrogen) atoms. The molecule has 0 aromatic carbocycles. The van der Waals surface area contributed by atoms with Crippen LogP contribution in [-0.4, -0.2) is 36.5 Å². The zero-order valence-corrected chi connectivity index (χ0v) is 7.77. The Hall–Kier alpha value is -0.810. The maximum absolute atomic E-state index is 12.6. The van der Waals surface area contributed by atoms with Crippen molar-refractivity contribution in [3.8, 4) is 0 Å². The van der Waals surface area contributed by atoms with Crippen LogP contribution < -0.4 is 0 Å². The normalized spacial score (nSPS) is 16.0. The Morgan fingerprint density at radius 3 is 1.06 bits per heavy atom. The summed E-state index contributed by atoms with van der Waals surface area (Å²) < 4.78 is 132. The number of halogens is 11. The minimum Gasteiger partial charge on any atom is -0.230 e. The van der Waals surface area contributed by atoms with Gasteiger partial charge in [0.2, 0.25) is 0 Å². The van der Waals surface area contributed by atoms with Gasteiger partial charge in [0.15, 0.2) is 6.61 Å². The summed E-state index contributed by atoms with van der Waals surface area (Å²) in [5, 5.41) is 9.57. The molecule has 0 bridgehead atoms. The van der Waals surface area contributed by atoms with E-state index < -0.39 is 36.5 Å². The molecular weight excluding hydrogens is 297 g/mol. The average molecular weight is 299 g/mol. The van der Waals surface area contributed by atoms with E-state index in [0.717, 1.165) is 0 Å². The molecule has 0 aromatic rings. The van der Waals surface area contributed by atoms with E-state index in [9.17, 15) is 53.4 Å². The van der Waals surface area contributed by atoms with Gasteiger partial charge >= 0.3 is 29.9 Å². The van der Waals surface area contributed by atoms with Gasteiger partial charge in [-0.2, -0.15) is 43.9 Å².